The van der Waals surface area contributed by atoms with Crippen LogP contribution in [0.3, 0.4) is 0 Å². The summed E-state index contributed by atoms with van der Waals surface area (Å²) < 4.78 is 0. The Kier molecular flexibility index (Phi) is 8.41. The van der Waals surface area contributed by atoms with Gasteiger partial charge in [-0.15, -0.1) is 18.4 Å². The molecule has 1 aromatic carbocycles. The van der Waals surface area contributed by atoms with Crippen LogP contribution in [0.1, 0.15) is 18.4 Å². The van der Waals surface area contributed by atoms with E-state index in [0.717, 1.165) is 6.42 Å². The molecule has 1 aromatic rings. The molecule has 0 atom stereocenters. The first kappa shape index (κ1) is 19.6. The second kappa shape index (κ2) is 10.3. The maximum atomic E-state index is 11.7. The van der Waals surface area contributed by atoms with E-state index in [4.69, 9.17) is 0 Å². The van der Waals surface area contributed by atoms with Crippen molar-refractivity contribution in [2.75, 3.05) is 0 Å². The standard InChI is InChI=1S/C14H10NO3.C5H5.Fe/c16-14(12-6-1-2-7-12)10-9-11-5-3-4-8-13(11)15(17)18;1-2-4-5-3-1;/h3-10H,1H2;1-3H,4H2;/q2*-1;+2/b10-9+;;. The molecule has 2 aliphatic carbocycles. The summed E-state index contributed by atoms with van der Waals surface area (Å²) in [6, 6.07) is 6.30. The molecule has 0 saturated carbocycles. The van der Waals surface area contributed by atoms with Crippen molar-refractivity contribution in [1.82, 2.24) is 0 Å². The molecular weight excluding hydrogens is 346 g/mol. The van der Waals surface area contributed by atoms with E-state index >= 15 is 0 Å². The molecule has 3 rings (SSSR count). The summed E-state index contributed by atoms with van der Waals surface area (Å²) in [5.41, 5.74) is 0.983. The van der Waals surface area contributed by atoms with Crippen molar-refractivity contribution in [3.8, 4) is 0 Å². The van der Waals surface area contributed by atoms with E-state index in [2.05, 4.69) is 18.2 Å². The van der Waals surface area contributed by atoms with E-state index in [1.165, 1.54) is 18.2 Å². The van der Waals surface area contributed by atoms with Gasteiger partial charge in [0.05, 0.1) is 10.5 Å². The third-order valence-electron chi connectivity index (χ3n) is 3.12. The molecule has 122 valence electrons. The largest absolute Gasteiger partial charge is 2.00 e. The minimum Gasteiger partial charge on any atom is -0.311 e. The van der Waals surface area contributed by atoms with E-state index in [9.17, 15) is 14.9 Å². The molecule has 24 heavy (non-hydrogen) atoms. The normalized spacial score (nSPS) is 14.1. The quantitative estimate of drug-likeness (QED) is 0.266. The topological polar surface area (TPSA) is 60.2 Å². The van der Waals surface area contributed by atoms with Crippen LogP contribution in [0.2, 0.25) is 0 Å². The Morgan fingerprint density at radius 3 is 2.54 bits per heavy atom. The number of rotatable bonds is 4. The minimum atomic E-state index is -0.466. The predicted molar refractivity (Wildman–Crippen MR) is 89.2 cm³/mol. The van der Waals surface area contributed by atoms with Gasteiger partial charge in [-0.2, -0.15) is 12.2 Å². The fraction of sp³-hybridized carbons (Fsp3) is 0.105. The molecule has 4 nitrogen and oxygen atoms in total. The second-order valence-corrected chi connectivity index (χ2v) is 4.73. The maximum absolute atomic E-state index is 11.7. The third-order valence-corrected chi connectivity index (χ3v) is 3.12. The summed E-state index contributed by atoms with van der Waals surface area (Å²) in [4.78, 5) is 22.0. The van der Waals surface area contributed by atoms with E-state index < -0.39 is 4.92 Å². The number of carbonyl (C=O) groups is 1. The van der Waals surface area contributed by atoms with E-state index in [1.807, 2.05) is 12.2 Å². The van der Waals surface area contributed by atoms with Crippen LogP contribution < -0.4 is 0 Å². The Balaban J connectivity index is 0.000000412. The van der Waals surface area contributed by atoms with E-state index in [1.54, 1.807) is 30.4 Å². The molecule has 0 amide bonds. The number of nitro benzene ring substituents is 1. The van der Waals surface area contributed by atoms with Gasteiger partial charge in [-0.25, -0.2) is 18.2 Å². The number of carbonyl (C=O) groups excluding carboxylic acids is 1. The molecule has 2 aliphatic rings. The zero-order valence-corrected chi connectivity index (χ0v) is 13.9. The Hall–Kier alpha value is -2.49. The van der Waals surface area contributed by atoms with Crippen LogP contribution in [-0.4, -0.2) is 10.7 Å². The first-order valence-corrected chi connectivity index (χ1v) is 7.13. The summed E-state index contributed by atoms with van der Waals surface area (Å²) in [6.07, 6.45) is 19.8. The van der Waals surface area contributed by atoms with Crippen LogP contribution in [-0.2, 0) is 21.9 Å². The molecule has 0 aromatic heterocycles. The molecule has 0 radical (unpaired) electrons. The van der Waals surface area contributed by atoms with Crippen LogP contribution >= 0.6 is 0 Å². The molecule has 0 saturated heterocycles. The number of para-hydroxylation sites is 1. The number of ketones is 1. The number of hydrogen-bond donors (Lipinski definition) is 0. The van der Waals surface area contributed by atoms with Crippen LogP contribution in [0.25, 0.3) is 6.08 Å². The average molecular weight is 361 g/mol. The van der Waals surface area contributed by atoms with Crippen molar-refractivity contribution >= 4 is 17.5 Å². The monoisotopic (exact) mass is 361 g/mol. The average Bonchev–Trinajstić information content (AvgIpc) is 3.28. The predicted octanol–water partition coefficient (Wildman–Crippen LogP) is 4.17. The molecule has 0 heterocycles. The first-order valence-electron chi connectivity index (χ1n) is 7.13. The summed E-state index contributed by atoms with van der Waals surface area (Å²) in [7, 11) is 0. The van der Waals surface area contributed by atoms with Crippen LogP contribution in [0.15, 0.2) is 66.3 Å². The fourth-order valence-corrected chi connectivity index (χ4v) is 1.97. The van der Waals surface area contributed by atoms with Gasteiger partial charge in [0.15, 0.2) is 0 Å². The molecule has 0 unspecified atom stereocenters. The van der Waals surface area contributed by atoms with Gasteiger partial charge in [0, 0.05) is 6.07 Å². The SMILES string of the molecule is O=C(/C=C/c1ccccc1[N+](=O)[O-])C1=CC[C-]=C1.[C-]1=CC=CC1.[Fe+2]. The zero-order valence-electron chi connectivity index (χ0n) is 12.8. The maximum Gasteiger partial charge on any atom is 2.00 e. The first-order chi connectivity index (χ1) is 11.2. The number of hydrogen-bond acceptors (Lipinski definition) is 3. The molecular formula is C19H15FeNO3. The smallest absolute Gasteiger partial charge is 0.311 e. The molecule has 0 fully saturated rings. The van der Waals surface area contributed by atoms with Gasteiger partial charge in [0.1, 0.15) is 5.78 Å². The Bertz CT molecular complexity index is 733. The molecule has 0 N–H and O–H groups in total. The Morgan fingerprint density at radius 1 is 1.21 bits per heavy atom. The molecule has 0 bridgehead atoms. The molecule has 0 aliphatic heterocycles. The van der Waals surface area contributed by atoms with Crippen LogP contribution in [0.4, 0.5) is 5.69 Å². The summed E-state index contributed by atoms with van der Waals surface area (Å²) >= 11 is 0. The van der Waals surface area contributed by atoms with E-state index in [0.29, 0.717) is 17.6 Å². The van der Waals surface area contributed by atoms with Gasteiger partial charge in [0.2, 0.25) is 0 Å². The van der Waals surface area contributed by atoms with Crippen molar-refractivity contribution in [2.45, 2.75) is 12.8 Å². The van der Waals surface area contributed by atoms with Gasteiger partial charge < -0.3 is 4.79 Å². The zero-order chi connectivity index (χ0) is 16.5. The van der Waals surface area contributed by atoms with Crippen molar-refractivity contribution in [1.29, 1.82) is 0 Å². The van der Waals surface area contributed by atoms with Gasteiger partial charge in [-0.3, -0.25) is 22.3 Å². The fourth-order valence-electron chi connectivity index (χ4n) is 1.97. The van der Waals surface area contributed by atoms with E-state index in [-0.39, 0.29) is 28.5 Å². The van der Waals surface area contributed by atoms with Crippen molar-refractivity contribution < 1.29 is 26.8 Å². The van der Waals surface area contributed by atoms with Crippen molar-refractivity contribution in [3.05, 3.63) is 94.1 Å². The Morgan fingerprint density at radius 2 is 2.00 bits per heavy atom. The van der Waals surface area contributed by atoms with Crippen LogP contribution in [0, 0.1) is 22.3 Å². The summed E-state index contributed by atoms with van der Waals surface area (Å²) in [5, 5.41) is 10.8. The van der Waals surface area contributed by atoms with Gasteiger partial charge in [-0.05, 0) is 18.2 Å². The van der Waals surface area contributed by atoms with Crippen LogP contribution in [0.5, 0.6) is 0 Å². The summed E-state index contributed by atoms with van der Waals surface area (Å²) in [6.45, 7) is 0. The number of nitrogens with zero attached hydrogens (tertiary/aromatic N) is 1. The number of benzene rings is 1. The number of allylic oxidation sites excluding steroid dienone is 9. The van der Waals surface area contributed by atoms with Gasteiger partial charge >= 0.3 is 17.1 Å². The summed E-state index contributed by atoms with van der Waals surface area (Å²) in [5.74, 6) is -0.168. The third kappa shape index (κ3) is 5.95. The van der Waals surface area contributed by atoms with Crippen molar-refractivity contribution in [3.63, 3.8) is 0 Å². The minimum absolute atomic E-state index is 0. The molecule has 5 heteroatoms. The number of nitro groups is 1. The second-order valence-electron chi connectivity index (χ2n) is 4.73. The van der Waals surface area contributed by atoms with Gasteiger partial charge in [0.25, 0.3) is 5.69 Å². The van der Waals surface area contributed by atoms with Crippen molar-refractivity contribution in [2.24, 2.45) is 0 Å². The van der Waals surface area contributed by atoms with Gasteiger partial charge in [-0.1, -0.05) is 12.1 Å². The molecule has 0 spiro atoms. The Labute approximate surface area is 151 Å².